The standard InChI is InChI=1S/C10H26N4/c1-13-9-10(14-2,5-3-7-11)6-4-8-12/h13-14H,3-9,11-12H2,1-2H3. The minimum atomic E-state index is 0.174. The van der Waals surface area contributed by atoms with E-state index in [9.17, 15) is 0 Å². The van der Waals surface area contributed by atoms with Gasteiger partial charge in [0.2, 0.25) is 0 Å². The summed E-state index contributed by atoms with van der Waals surface area (Å²) in [6.07, 6.45) is 4.35. The van der Waals surface area contributed by atoms with E-state index in [4.69, 9.17) is 11.5 Å². The third-order valence-corrected chi connectivity index (χ3v) is 2.76. The maximum atomic E-state index is 5.54. The SMILES string of the molecule is CNCC(CCCN)(CCCN)NC. The number of hydrogen-bond acceptors (Lipinski definition) is 4. The lowest BCUT2D eigenvalue weighted by Crippen LogP contribution is -2.50. The maximum Gasteiger partial charge on any atom is 0.0304 e. The van der Waals surface area contributed by atoms with Gasteiger partial charge in [0, 0.05) is 12.1 Å². The first kappa shape index (κ1) is 13.8. The predicted octanol–water partition coefficient (Wildman–Crippen LogP) is -0.358. The molecule has 0 fully saturated rings. The number of nitrogens with two attached hydrogens (primary N) is 2. The molecular weight excluding hydrogens is 176 g/mol. The molecule has 0 atom stereocenters. The van der Waals surface area contributed by atoms with Crippen molar-refractivity contribution in [3.8, 4) is 0 Å². The molecule has 0 rings (SSSR count). The summed E-state index contributed by atoms with van der Waals surface area (Å²) in [6, 6.07) is 0. The first-order valence-corrected chi connectivity index (χ1v) is 5.48. The van der Waals surface area contributed by atoms with Crippen LogP contribution in [0.2, 0.25) is 0 Å². The molecule has 4 nitrogen and oxygen atoms in total. The predicted molar refractivity (Wildman–Crippen MR) is 62.3 cm³/mol. The Hall–Kier alpha value is -0.160. The van der Waals surface area contributed by atoms with Gasteiger partial charge in [0.15, 0.2) is 0 Å². The molecule has 0 aliphatic heterocycles. The summed E-state index contributed by atoms with van der Waals surface area (Å²) in [7, 11) is 4.00. The zero-order chi connectivity index (χ0) is 10.9. The average molecular weight is 202 g/mol. The van der Waals surface area contributed by atoms with Crippen LogP contribution in [0.1, 0.15) is 25.7 Å². The fourth-order valence-electron chi connectivity index (χ4n) is 1.86. The normalized spacial score (nSPS) is 12.0. The zero-order valence-corrected chi connectivity index (χ0v) is 9.60. The van der Waals surface area contributed by atoms with Gasteiger partial charge >= 0.3 is 0 Å². The largest absolute Gasteiger partial charge is 0.330 e. The molecule has 86 valence electrons. The highest BCUT2D eigenvalue weighted by Gasteiger charge is 2.25. The van der Waals surface area contributed by atoms with E-state index < -0.39 is 0 Å². The summed E-state index contributed by atoms with van der Waals surface area (Å²) in [4.78, 5) is 0. The number of likely N-dealkylation sites (N-methyl/N-ethyl adjacent to an activating group) is 2. The molecule has 0 unspecified atom stereocenters. The Morgan fingerprint density at radius 3 is 1.79 bits per heavy atom. The molecule has 0 aromatic carbocycles. The Balaban J connectivity index is 4.11. The van der Waals surface area contributed by atoms with Crippen LogP contribution in [-0.2, 0) is 0 Å². The van der Waals surface area contributed by atoms with Crippen molar-refractivity contribution >= 4 is 0 Å². The first-order valence-electron chi connectivity index (χ1n) is 5.48. The monoisotopic (exact) mass is 202 g/mol. The van der Waals surface area contributed by atoms with Crippen LogP contribution in [0.5, 0.6) is 0 Å². The molecule has 0 heterocycles. The lowest BCUT2D eigenvalue weighted by molar-refractivity contribution is 0.283. The fourth-order valence-corrected chi connectivity index (χ4v) is 1.86. The second-order valence-corrected chi connectivity index (χ2v) is 3.85. The lowest BCUT2D eigenvalue weighted by Gasteiger charge is -2.33. The van der Waals surface area contributed by atoms with Crippen molar-refractivity contribution in [3.63, 3.8) is 0 Å². The molecule has 0 bridgehead atoms. The van der Waals surface area contributed by atoms with Crippen molar-refractivity contribution in [1.82, 2.24) is 10.6 Å². The van der Waals surface area contributed by atoms with Crippen molar-refractivity contribution < 1.29 is 0 Å². The maximum absolute atomic E-state index is 5.54. The van der Waals surface area contributed by atoms with Crippen molar-refractivity contribution in [3.05, 3.63) is 0 Å². The van der Waals surface area contributed by atoms with Crippen LogP contribution in [0, 0.1) is 0 Å². The van der Waals surface area contributed by atoms with Crippen LogP contribution in [0.15, 0.2) is 0 Å². The van der Waals surface area contributed by atoms with Crippen LogP contribution in [-0.4, -0.2) is 39.3 Å². The summed E-state index contributed by atoms with van der Waals surface area (Å²) in [5.74, 6) is 0. The molecule has 0 saturated carbocycles. The molecule has 4 heteroatoms. The molecule has 0 radical (unpaired) electrons. The van der Waals surface area contributed by atoms with Crippen molar-refractivity contribution in [2.75, 3.05) is 33.7 Å². The summed E-state index contributed by atoms with van der Waals surface area (Å²) < 4.78 is 0. The number of rotatable bonds is 9. The van der Waals surface area contributed by atoms with E-state index in [1.807, 2.05) is 14.1 Å². The van der Waals surface area contributed by atoms with Gasteiger partial charge < -0.3 is 22.1 Å². The molecular formula is C10H26N4. The van der Waals surface area contributed by atoms with Gasteiger partial charge in [0.05, 0.1) is 0 Å². The Morgan fingerprint density at radius 2 is 1.50 bits per heavy atom. The molecule has 0 saturated heterocycles. The van der Waals surface area contributed by atoms with Gasteiger partial charge in [-0.3, -0.25) is 0 Å². The highest BCUT2D eigenvalue weighted by Crippen LogP contribution is 2.17. The minimum absolute atomic E-state index is 0.174. The summed E-state index contributed by atoms with van der Waals surface area (Å²) in [5, 5.41) is 6.65. The molecule has 14 heavy (non-hydrogen) atoms. The number of nitrogens with one attached hydrogen (secondary N) is 2. The van der Waals surface area contributed by atoms with Gasteiger partial charge in [0.25, 0.3) is 0 Å². The molecule has 0 aliphatic carbocycles. The molecule has 0 aromatic heterocycles. The summed E-state index contributed by atoms with van der Waals surface area (Å²) in [5.41, 5.74) is 11.3. The third-order valence-electron chi connectivity index (χ3n) is 2.76. The number of hydrogen-bond donors (Lipinski definition) is 4. The van der Waals surface area contributed by atoms with E-state index in [0.29, 0.717) is 0 Å². The van der Waals surface area contributed by atoms with Gasteiger partial charge in [-0.1, -0.05) is 0 Å². The van der Waals surface area contributed by atoms with Crippen molar-refractivity contribution in [2.45, 2.75) is 31.2 Å². The second-order valence-electron chi connectivity index (χ2n) is 3.85. The zero-order valence-electron chi connectivity index (χ0n) is 9.60. The molecule has 6 N–H and O–H groups in total. The van der Waals surface area contributed by atoms with Crippen molar-refractivity contribution in [2.24, 2.45) is 11.5 Å². The van der Waals surface area contributed by atoms with Gasteiger partial charge in [0.1, 0.15) is 0 Å². The fraction of sp³-hybridized carbons (Fsp3) is 1.00. The van der Waals surface area contributed by atoms with E-state index in [1.165, 1.54) is 0 Å². The quantitative estimate of drug-likeness (QED) is 0.412. The van der Waals surface area contributed by atoms with Gasteiger partial charge in [-0.25, -0.2) is 0 Å². The molecule has 0 spiro atoms. The highest BCUT2D eigenvalue weighted by atomic mass is 15.0. The summed E-state index contributed by atoms with van der Waals surface area (Å²) >= 11 is 0. The molecule has 0 aromatic rings. The third kappa shape index (κ3) is 4.91. The van der Waals surface area contributed by atoms with Crippen LogP contribution < -0.4 is 22.1 Å². The van der Waals surface area contributed by atoms with Crippen LogP contribution >= 0.6 is 0 Å². The van der Waals surface area contributed by atoms with E-state index in [2.05, 4.69) is 10.6 Å². The molecule has 0 amide bonds. The van der Waals surface area contributed by atoms with E-state index in [-0.39, 0.29) is 5.54 Å². The topological polar surface area (TPSA) is 76.1 Å². The Labute approximate surface area is 87.8 Å². The van der Waals surface area contributed by atoms with Crippen molar-refractivity contribution in [1.29, 1.82) is 0 Å². The first-order chi connectivity index (χ1) is 6.74. The van der Waals surface area contributed by atoms with Gasteiger partial charge in [-0.2, -0.15) is 0 Å². The van der Waals surface area contributed by atoms with E-state index >= 15 is 0 Å². The highest BCUT2D eigenvalue weighted by molar-refractivity contribution is 4.88. The Bertz CT molecular complexity index is 119. The Kier molecular flexibility index (Phi) is 8.08. The van der Waals surface area contributed by atoms with Gasteiger partial charge in [-0.15, -0.1) is 0 Å². The van der Waals surface area contributed by atoms with Crippen LogP contribution in [0.3, 0.4) is 0 Å². The van der Waals surface area contributed by atoms with E-state index in [1.54, 1.807) is 0 Å². The molecule has 0 aliphatic rings. The van der Waals surface area contributed by atoms with Crippen LogP contribution in [0.4, 0.5) is 0 Å². The van der Waals surface area contributed by atoms with E-state index in [0.717, 1.165) is 45.3 Å². The minimum Gasteiger partial charge on any atom is -0.330 e. The Morgan fingerprint density at radius 1 is 1.00 bits per heavy atom. The lowest BCUT2D eigenvalue weighted by atomic mass is 9.88. The van der Waals surface area contributed by atoms with Gasteiger partial charge in [-0.05, 0) is 52.9 Å². The second kappa shape index (κ2) is 8.17. The smallest absolute Gasteiger partial charge is 0.0304 e. The van der Waals surface area contributed by atoms with Crippen LogP contribution in [0.25, 0.3) is 0 Å². The average Bonchev–Trinajstić information content (AvgIpc) is 2.22. The summed E-state index contributed by atoms with van der Waals surface area (Å²) in [6.45, 7) is 2.50.